The van der Waals surface area contributed by atoms with E-state index < -0.39 is 17.7 Å². The first-order valence-electron chi connectivity index (χ1n) is 13.1. The summed E-state index contributed by atoms with van der Waals surface area (Å²) in [7, 11) is 0. The van der Waals surface area contributed by atoms with Crippen molar-refractivity contribution in [2.45, 2.75) is 31.9 Å². The third kappa shape index (κ3) is 4.08. The van der Waals surface area contributed by atoms with E-state index >= 15 is 8.78 Å². The van der Waals surface area contributed by atoms with Crippen LogP contribution in [0.2, 0.25) is 0 Å². The van der Waals surface area contributed by atoms with Gasteiger partial charge in [0.05, 0.1) is 28.1 Å². The number of fused-ring (bicyclic) bond motifs is 2. The van der Waals surface area contributed by atoms with Gasteiger partial charge in [-0.3, -0.25) is 9.36 Å². The fourth-order valence-electron chi connectivity index (χ4n) is 4.99. The van der Waals surface area contributed by atoms with Crippen molar-refractivity contribution in [3.05, 3.63) is 101 Å². The largest absolute Gasteiger partial charge is 0.487 e. The second kappa shape index (κ2) is 9.47. The number of ether oxygens (including phenoxy) is 1. The highest BCUT2D eigenvalue weighted by atomic mass is 19.2. The quantitative estimate of drug-likeness (QED) is 0.303. The van der Waals surface area contributed by atoms with E-state index in [1.807, 2.05) is 30.3 Å². The lowest BCUT2D eigenvalue weighted by molar-refractivity contribution is 0.282. The molecule has 11 heteroatoms. The molecule has 1 atom stereocenters. The first kappa shape index (κ1) is 24.8. The number of nitrogen functional groups attached to an aromatic ring is 1. The van der Waals surface area contributed by atoms with Crippen LogP contribution >= 0.6 is 0 Å². The summed E-state index contributed by atoms with van der Waals surface area (Å²) < 4.78 is 39.1. The fraction of sp³-hybridized carbons (Fsp3) is 0.167. The summed E-state index contributed by atoms with van der Waals surface area (Å²) in [6, 6.07) is 18.3. The molecule has 1 aliphatic carbocycles. The van der Waals surface area contributed by atoms with Crippen molar-refractivity contribution in [3.63, 3.8) is 0 Å². The van der Waals surface area contributed by atoms with Gasteiger partial charge in [-0.05, 0) is 56.2 Å². The fourth-order valence-corrected chi connectivity index (χ4v) is 4.99. The van der Waals surface area contributed by atoms with Gasteiger partial charge in [0.2, 0.25) is 5.82 Å². The Hall–Kier alpha value is -5.19. The maximum Gasteiger partial charge on any atom is 0.266 e. The summed E-state index contributed by atoms with van der Waals surface area (Å²) in [6.07, 6.45) is 2.78. The predicted octanol–water partition coefficient (Wildman–Crippen LogP) is 5.20. The number of anilines is 1. The average molecular weight is 552 g/mol. The molecule has 9 nitrogen and oxygen atoms in total. The molecule has 0 amide bonds. The van der Waals surface area contributed by atoms with Gasteiger partial charge in [0.25, 0.3) is 5.56 Å². The van der Waals surface area contributed by atoms with Crippen LogP contribution in [-0.4, -0.2) is 35.4 Å². The minimum atomic E-state index is -1.12. The van der Waals surface area contributed by atoms with Crippen molar-refractivity contribution < 1.29 is 13.5 Å². The van der Waals surface area contributed by atoms with Crippen LogP contribution in [0.25, 0.3) is 38.9 Å². The Bertz CT molecular complexity index is 2020. The van der Waals surface area contributed by atoms with Gasteiger partial charge in [-0.1, -0.05) is 30.3 Å². The maximum atomic E-state index is 15.5. The number of halogens is 2. The first-order valence-corrected chi connectivity index (χ1v) is 13.1. The molecule has 3 aromatic carbocycles. The van der Waals surface area contributed by atoms with Gasteiger partial charge in [-0.2, -0.15) is 9.49 Å². The topological polar surface area (TPSA) is 114 Å². The van der Waals surface area contributed by atoms with Crippen LogP contribution in [0.1, 0.15) is 31.6 Å². The van der Waals surface area contributed by atoms with Crippen LogP contribution in [0.5, 0.6) is 5.75 Å². The number of hydrogen-bond acceptors (Lipinski definition) is 7. The normalized spacial score (nSPS) is 14.0. The van der Waals surface area contributed by atoms with Gasteiger partial charge >= 0.3 is 0 Å². The molecule has 1 unspecified atom stereocenters. The molecule has 2 N–H and O–H groups in total. The van der Waals surface area contributed by atoms with Crippen molar-refractivity contribution in [2.24, 2.45) is 0 Å². The second-order valence-corrected chi connectivity index (χ2v) is 9.95. The molecule has 0 aliphatic heterocycles. The summed E-state index contributed by atoms with van der Waals surface area (Å²) >= 11 is 0. The maximum absolute atomic E-state index is 15.5. The Balaban J connectivity index is 1.45. The Morgan fingerprint density at radius 3 is 2.51 bits per heavy atom. The SMILES string of the molecule is CC(c1nc2ccccc2c(=O)n1-c1ccccc1)n1nc(-c2ccc(OC3CC3)c(F)c2F)c2c(N)ncnc21. The lowest BCUT2D eigenvalue weighted by Crippen LogP contribution is -2.27. The molecule has 1 saturated carbocycles. The summed E-state index contributed by atoms with van der Waals surface area (Å²) in [5, 5.41) is 5.38. The lowest BCUT2D eigenvalue weighted by Gasteiger charge is -2.19. The van der Waals surface area contributed by atoms with Gasteiger partial charge in [0.1, 0.15) is 29.7 Å². The molecular formula is C30H23F2N7O2. The van der Waals surface area contributed by atoms with Crippen molar-refractivity contribution in [2.75, 3.05) is 5.73 Å². The third-order valence-electron chi connectivity index (χ3n) is 7.19. The van der Waals surface area contributed by atoms with Crippen molar-refractivity contribution >= 4 is 27.8 Å². The molecule has 3 heterocycles. The minimum Gasteiger partial charge on any atom is -0.487 e. The van der Waals surface area contributed by atoms with E-state index in [0.717, 1.165) is 12.8 Å². The van der Waals surface area contributed by atoms with E-state index in [-0.39, 0.29) is 45.5 Å². The average Bonchev–Trinajstić information content (AvgIpc) is 3.73. The van der Waals surface area contributed by atoms with E-state index in [4.69, 9.17) is 15.5 Å². The smallest absolute Gasteiger partial charge is 0.266 e. The summed E-state index contributed by atoms with van der Waals surface area (Å²) in [6.45, 7) is 1.80. The number of para-hydroxylation sites is 2. The van der Waals surface area contributed by atoms with Gasteiger partial charge in [-0.25, -0.2) is 24.0 Å². The van der Waals surface area contributed by atoms with Crippen LogP contribution in [0.15, 0.2) is 77.9 Å². The van der Waals surface area contributed by atoms with E-state index in [9.17, 15) is 4.79 Å². The Kier molecular flexibility index (Phi) is 5.74. The van der Waals surface area contributed by atoms with E-state index in [1.54, 1.807) is 31.2 Å². The van der Waals surface area contributed by atoms with E-state index in [2.05, 4.69) is 15.1 Å². The molecule has 204 valence electrons. The Morgan fingerprint density at radius 2 is 1.73 bits per heavy atom. The minimum absolute atomic E-state index is 0.0495. The van der Waals surface area contributed by atoms with Crippen LogP contribution in [0, 0.1) is 11.6 Å². The number of hydrogen-bond donors (Lipinski definition) is 1. The standard InChI is InChI=1S/C30H23F2N7O2/c1-16(28-36-21-10-6-5-9-19(21)30(40)38(28)17-7-3-2-4-8-17)39-29-23(27(33)34-15-35-29)26(37-39)20-13-14-22(25(32)24(20)31)41-18-11-12-18/h2-10,13-16,18H,11-12H2,1H3,(H2,33,34,35). The van der Waals surface area contributed by atoms with E-state index in [0.29, 0.717) is 22.4 Å². The Morgan fingerprint density at radius 1 is 0.976 bits per heavy atom. The van der Waals surface area contributed by atoms with Crippen molar-refractivity contribution in [3.8, 4) is 22.7 Å². The van der Waals surface area contributed by atoms with Gasteiger partial charge < -0.3 is 10.5 Å². The van der Waals surface area contributed by atoms with Crippen LogP contribution in [0.4, 0.5) is 14.6 Å². The molecule has 6 aromatic rings. The molecule has 1 aliphatic rings. The highest BCUT2D eigenvalue weighted by molar-refractivity contribution is 5.98. The molecule has 3 aromatic heterocycles. The zero-order valence-corrected chi connectivity index (χ0v) is 21.8. The van der Waals surface area contributed by atoms with Crippen LogP contribution in [0.3, 0.4) is 0 Å². The molecular weight excluding hydrogens is 528 g/mol. The summed E-state index contributed by atoms with van der Waals surface area (Å²) in [5.41, 5.74) is 7.34. The lowest BCUT2D eigenvalue weighted by atomic mass is 10.1. The van der Waals surface area contributed by atoms with Crippen molar-refractivity contribution in [1.82, 2.24) is 29.3 Å². The second-order valence-electron chi connectivity index (χ2n) is 9.95. The number of benzene rings is 3. The zero-order chi connectivity index (χ0) is 28.2. The molecule has 0 radical (unpaired) electrons. The highest BCUT2D eigenvalue weighted by Gasteiger charge is 2.29. The molecule has 0 spiro atoms. The number of nitrogens with two attached hydrogens (primary N) is 1. The summed E-state index contributed by atoms with van der Waals surface area (Å²) in [5.74, 6) is -1.95. The van der Waals surface area contributed by atoms with Gasteiger partial charge in [0.15, 0.2) is 17.2 Å². The zero-order valence-electron chi connectivity index (χ0n) is 21.8. The van der Waals surface area contributed by atoms with Gasteiger partial charge in [0, 0.05) is 5.56 Å². The monoisotopic (exact) mass is 551 g/mol. The molecule has 7 rings (SSSR count). The molecule has 0 saturated heterocycles. The number of aromatic nitrogens is 6. The number of rotatable bonds is 6. The summed E-state index contributed by atoms with van der Waals surface area (Å²) in [4.78, 5) is 27.1. The predicted molar refractivity (Wildman–Crippen MR) is 150 cm³/mol. The molecule has 1 fully saturated rings. The van der Waals surface area contributed by atoms with E-state index in [1.165, 1.54) is 27.7 Å². The van der Waals surface area contributed by atoms with Crippen LogP contribution in [-0.2, 0) is 0 Å². The molecule has 41 heavy (non-hydrogen) atoms. The Labute approximate surface area is 231 Å². The first-order chi connectivity index (χ1) is 19.9. The van der Waals surface area contributed by atoms with Crippen LogP contribution < -0.4 is 16.0 Å². The highest BCUT2D eigenvalue weighted by Crippen LogP contribution is 2.38. The van der Waals surface area contributed by atoms with Gasteiger partial charge in [-0.15, -0.1) is 0 Å². The number of nitrogens with zero attached hydrogens (tertiary/aromatic N) is 6. The van der Waals surface area contributed by atoms with Crippen molar-refractivity contribution in [1.29, 1.82) is 0 Å². The molecule has 0 bridgehead atoms. The third-order valence-corrected chi connectivity index (χ3v) is 7.19.